The van der Waals surface area contributed by atoms with Crippen molar-refractivity contribution in [2.45, 2.75) is 31.2 Å². The van der Waals surface area contributed by atoms with Crippen LogP contribution in [0, 0.1) is 22.6 Å². The van der Waals surface area contributed by atoms with Gasteiger partial charge in [0.2, 0.25) is 0 Å². The van der Waals surface area contributed by atoms with Crippen molar-refractivity contribution in [3.63, 3.8) is 0 Å². The molecule has 0 atom stereocenters. The van der Waals surface area contributed by atoms with E-state index in [1.165, 1.54) is 12.1 Å². The fourth-order valence-electron chi connectivity index (χ4n) is 4.56. The van der Waals surface area contributed by atoms with Gasteiger partial charge in [-0.3, -0.25) is 9.59 Å². The highest BCUT2D eigenvalue weighted by Gasteiger charge is 2.68. The molecular weight excluding hydrogens is 395 g/mol. The highest BCUT2D eigenvalue weighted by Crippen LogP contribution is 2.69. The number of Topliss-reactive ketones (excluding diaryl/α,β-unsaturated/α-hetero) is 1. The Morgan fingerprint density at radius 3 is 2.66 bits per heavy atom. The lowest BCUT2D eigenvalue weighted by molar-refractivity contribution is -0.162. The van der Waals surface area contributed by atoms with E-state index < -0.39 is 5.82 Å². The summed E-state index contributed by atoms with van der Waals surface area (Å²) < 4.78 is 18.8. The molecule has 1 amide bonds. The maximum absolute atomic E-state index is 13.4. The lowest BCUT2D eigenvalue weighted by Crippen LogP contribution is -2.75. The predicted molar refractivity (Wildman–Crippen MR) is 104 cm³/mol. The molecule has 5 rings (SSSR count). The Morgan fingerprint density at radius 1 is 1.21 bits per heavy atom. The van der Waals surface area contributed by atoms with E-state index in [4.69, 9.17) is 21.6 Å². The molecule has 3 aliphatic carbocycles. The fraction of sp³-hybridized carbons (Fsp3) is 0.318. The van der Waals surface area contributed by atoms with Gasteiger partial charge in [-0.25, -0.2) is 4.39 Å². The molecule has 0 unspecified atom stereocenters. The Bertz CT molecular complexity index is 1030. The molecule has 5 nitrogen and oxygen atoms in total. The first kappa shape index (κ1) is 19.4. The zero-order chi connectivity index (χ0) is 20.6. The number of rotatable bonds is 7. The second-order valence-corrected chi connectivity index (χ2v) is 8.44. The number of carbonyl (C=O) groups excluding carboxylic acids is 2. The molecule has 3 fully saturated rings. The number of nitriles is 1. The van der Waals surface area contributed by atoms with Crippen LogP contribution < -0.4 is 10.1 Å². The van der Waals surface area contributed by atoms with Crippen LogP contribution in [0.4, 0.5) is 4.39 Å². The van der Waals surface area contributed by atoms with Crippen LogP contribution in [0.5, 0.6) is 5.75 Å². The predicted octanol–water partition coefficient (Wildman–Crippen LogP) is 4.04. The van der Waals surface area contributed by atoms with Crippen molar-refractivity contribution in [2.75, 3.05) is 6.61 Å². The van der Waals surface area contributed by atoms with Crippen molar-refractivity contribution in [1.82, 2.24) is 5.32 Å². The van der Waals surface area contributed by atoms with Crippen molar-refractivity contribution in [2.24, 2.45) is 5.41 Å². The molecule has 0 radical (unpaired) electrons. The number of ketones is 1. The summed E-state index contributed by atoms with van der Waals surface area (Å²) in [7, 11) is 0. The summed E-state index contributed by atoms with van der Waals surface area (Å²) in [6.07, 6.45) is 2.64. The number of nitrogens with one attached hydrogen (secondary N) is 1. The number of hydrogen-bond acceptors (Lipinski definition) is 4. The highest BCUT2D eigenvalue weighted by molar-refractivity contribution is 6.30. The van der Waals surface area contributed by atoms with E-state index in [1.807, 2.05) is 6.07 Å². The summed E-state index contributed by atoms with van der Waals surface area (Å²) in [6.45, 7) is -0.122. The first-order valence-electron chi connectivity index (χ1n) is 9.24. The lowest BCUT2D eigenvalue weighted by Gasteiger charge is -2.70. The summed E-state index contributed by atoms with van der Waals surface area (Å²) in [5, 5.41) is 12.0. The number of benzene rings is 2. The zero-order valence-electron chi connectivity index (χ0n) is 15.5. The summed E-state index contributed by atoms with van der Waals surface area (Å²) in [5.74, 6) is -0.577. The van der Waals surface area contributed by atoms with Crippen LogP contribution in [0.2, 0.25) is 5.02 Å². The van der Waals surface area contributed by atoms with E-state index in [-0.39, 0.29) is 40.0 Å². The molecule has 0 saturated heterocycles. The molecule has 2 bridgehead atoms. The molecule has 2 aromatic rings. The van der Waals surface area contributed by atoms with Crippen LogP contribution in [0.15, 0.2) is 42.5 Å². The molecule has 0 aromatic heterocycles. The van der Waals surface area contributed by atoms with E-state index in [1.54, 1.807) is 24.3 Å². The van der Waals surface area contributed by atoms with Crippen LogP contribution in [-0.4, -0.2) is 23.8 Å². The molecule has 2 aromatic carbocycles. The van der Waals surface area contributed by atoms with Gasteiger partial charge in [0.05, 0.1) is 16.7 Å². The Hall–Kier alpha value is -2.91. The number of halogens is 2. The first-order chi connectivity index (χ1) is 13.8. The summed E-state index contributed by atoms with van der Waals surface area (Å²) in [4.78, 5) is 24.7. The maximum Gasteiger partial charge on any atom is 0.251 e. The third kappa shape index (κ3) is 3.83. The SMILES string of the molecule is N#Cc1cccc(C(=O)NC23CC(CC(=O)COc4ccc(Cl)c(F)c4)(C2)C3)c1. The normalized spacial score (nSPS) is 23.9. The summed E-state index contributed by atoms with van der Waals surface area (Å²) in [5.41, 5.74) is 0.577. The van der Waals surface area contributed by atoms with Gasteiger partial charge in [-0.1, -0.05) is 17.7 Å². The van der Waals surface area contributed by atoms with Crippen LogP contribution in [0.1, 0.15) is 41.6 Å². The number of hydrogen-bond donors (Lipinski definition) is 1. The van der Waals surface area contributed by atoms with Gasteiger partial charge in [0.25, 0.3) is 5.91 Å². The van der Waals surface area contributed by atoms with Crippen molar-refractivity contribution in [3.8, 4) is 11.8 Å². The average molecular weight is 413 g/mol. The Labute approximate surface area is 172 Å². The summed E-state index contributed by atoms with van der Waals surface area (Å²) in [6, 6.07) is 12.7. The average Bonchev–Trinajstić information content (AvgIpc) is 2.66. The van der Waals surface area contributed by atoms with Crippen molar-refractivity contribution >= 4 is 23.3 Å². The molecular formula is C22H18ClFN2O3. The quantitative estimate of drug-likeness (QED) is 0.744. The van der Waals surface area contributed by atoms with Crippen LogP contribution in [0.25, 0.3) is 0 Å². The Balaban J connectivity index is 1.25. The second-order valence-electron chi connectivity index (χ2n) is 8.04. The van der Waals surface area contributed by atoms with E-state index >= 15 is 0 Å². The van der Waals surface area contributed by atoms with Gasteiger partial charge < -0.3 is 10.1 Å². The maximum atomic E-state index is 13.4. The van der Waals surface area contributed by atoms with E-state index in [0.29, 0.717) is 17.5 Å². The molecule has 29 heavy (non-hydrogen) atoms. The van der Waals surface area contributed by atoms with E-state index in [2.05, 4.69) is 5.32 Å². The van der Waals surface area contributed by atoms with Gasteiger partial charge in [0.15, 0.2) is 5.78 Å². The number of nitrogens with zero attached hydrogens (tertiary/aromatic N) is 1. The van der Waals surface area contributed by atoms with Crippen molar-refractivity contribution in [1.29, 1.82) is 5.26 Å². The highest BCUT2D eigenvalue weighted by atomic mass is 35.5. The van der Waals surface area contributed by atoms with Gasteiger partial charge in [0.1, 0.15) is 18.2 Å². The zero-order valence-corrected chi connectivity index (χ0v) is 16.3. The van der Waals surface area contributed by atoms with Crippen LogP contribution in [-0.2, 0) is 4.79 Å². The Morgan fingerprint density at radius 2 is 1.97 bits per heavy atom. The minimum absolute atomic E-state index is 0.00392. The number of amides is 1. The van der Waals surface area contributed by atoms with Gasteiger partial charge in [-0.15, -0.1) is 0 Å². The first-order valence-corrected chi connectivity index (χ1v) is 9.62. The molecule has 0 spiro atoms. The molecule has 0 heterocycles. The minimum atomic E-state index is -0.589. The molecule has 3 saturated carbocycles. The lowest BCUT2D eigenvalue weighted by atomic mass is 9.38. The minimum Gasteiger partial charge on any atom is -0.486 e. The van der Waals surface area contributed by atoms with Gasteiger partial charge in [-0.05, 0) is 55.0 Å². The topological polar surface area (TPSA) is 79.2 Å². The Kier molecular flexibility index (Phi) is 4.79. The fourth-order valence-corrected chi connectivity index (χ4v) is 4.68. The van der Waals surface area contributed by atoms with Gasteiger partial charge in [0, 0.05) is 23.6 Å². The molecule has 1 N–H and O–H groups in total. The van der Waals surface area contributed by atoms with Crippen molar-refractivity contribution in [3.05, 3.63) is 64.4 Å². The largest absolute Gasteiger partial charge is 0.486 e. The van der Waals surface area contributed by atoms with Crippen molar-refractivity contribution < 1.29 is 18.7 Å². The van der Waals surface area contributed by atoms with E-state index in [9.17, 15) is 14.0 Å². The van der Waals surface area contributed by atoms with Gasteiger partial charge in [-0.2, -0.15) is 5.26 Å². The molecule has 7 heteroatoms. The standard InChI is InChI=1S/C22H18ClFN2O3/c23-18-5-4-17(7-19(18)24)29-10-16(27)8-21-11-22(12-21,13-21)26-20(28)15-3-1-2-14(6-15)9-25/h1-7H,8,10-13H2,(H,26,28). The van der Waals surface area contributed by atoms with E-state index in [0.717, 1.165) is 25.3 Å². The van der Waals surface area contributed by atoms with Crippen LogP contribution in [0.3, 0.4) is 0 Å². The smallest absolute Gasteiger partial charge is 0.251 e. The molecule has 0 aliphatic heterocycles. The second kappa shape index (κ2) is 7.16. The monoisotopic (exact) mass is 412 g/mol. The third-order valence-electron chi connectivity index (χ3n) is 5.64. The number of ether oxygens (including phenoxy) is 1. The number of carbonyl (C=O) groups is 2. The summed E-state index contributed by atoms with van der Waals surface area (Å²) >= 11 is 5.62. The van der Waals surface area contributed by atoms with Crippen LogP contribution >= 0.6 is 11.6 Å². The molecule has 3 aliphatic rings. The third-order valence-corrected chi connectivity index (χ3v) is 5.94. The van der Waals surface area contributed by atoms with Gasteiger partial charge >= 0.3 is 0 Å². The molecule has 148 valence electrons.